The van der Waals surface area contributed by atoms with Gasteiger partial charge in [-0.15, -0.1) is 0 Å². The van der Waals surface area contributed by atoms with Gasteiger partial charge in [0.05, 0.1) is 25.4 Å². The number of nitrogens with one attached hydrogen (secondary N) is 10. The van der Waals surface area contributed by atoms with Crippen LogP contribution >= 0.6 is 25.3 Å². The van der Waals surface area contributed by atoms with Crippen molar-refractivity contribution in [1.29, 1.82) is 0 Å². The Labute approximate surface area is 499 Å². The molecule has 2 aromatic carbocycles. The Kier molecular flexibility index (Phi) is 25.6. The monoisotopic (exact) mass is 1220 g/mol. The number of nitrogens with zero attached hydrogens (tertiary/aromatic N) is 2. The number of hydrogen-bond donors (Lipinski definition) is 17. The van der Waals surface area contributed by atoms with Gasteiger partial charge in [-0.3, -0.25) is 47.9 Å². The van der Waals surface area contributed by atoms with E-state index in [4.69, 9.17) is 5.73 Å². The van der Waals surface area contributed by atoms with Crippen LogP contribution in [0, 0.1) is 11.8 Å². The summed E-state index contributed by atoms with van der Waals surface area (Å²) in [5, 5.41) is 60.7. The van der Waals surface area contributed by atoms with Gasteiger partial charge in [0, 0.05) is 66.3 Å². The maximum Gasteiger partial charge on any atom is 0.327 e. The van der Waals surface area contributed by atoms with E-state index >= 15 is 0 Å². The Balaban J connectivity index is 1.36. The van der Waals surface area contributed by atoms with E-state index in [1.807, 2.05) is 0 Å². The molecule has 9 amide bonds. The smallest absolute Gasteiger partial charge is 0.327 e. The molecule has 85 heavy (non-hydrogen) atoms. The number of para-hydroxylation sites is 1. The molecule has 462 valence electrons. The third-order valence-corrected chi connectivity index (χ3v) is 14.7. The van der Waals surface area contributed by atoms with Gasteiger partial charge in [-0.05, 0) is 60.4 Å². The minimum Gasteiger partial charge on any atom is -0.508 e. The largest absolute Gasteiger partial charge is 0.508 e. The van der Waals surface area contributed by atoms with Crippen LogP contribution in [-0.4, -0.2) is 190 Å². The van der Waals surface area contributed by atoms with Gasteiger partial charge in [-0.25, -0.2) is 9.78 Å². The van der Waals surface area contributed by atoms with Gasteiger partial charge in [-0.2, -0.15) is 25.3 Å². The highest BCUT2D eigenvalue weighted by Gasteiger charge is 2.42. The number of fused-ring (bicyclic) bond motifs is 1. The lowest BCUT2D eigenvalue weighted by molar-refractivity contribution is -0.145. The molecule has 10 atom stereocenters. The molecule has 0 spiro atoms. The first-order chi connectivity index (χ1) is 40.3. The quantitative estimate of drug-likeness (QED) is 0.0234. The van der Waals surface area contributed by atoms with Crippen LogP contribution in [-0.2, 0) is 72.0 Å². The first-order valence-corrected chi connectivity index (χ1v) is 28.7. The molecular weight excluding hydrogens is 1150 g/mol. The number of carbonyl (C=O) groups is 11. The number of carboxylic acid groups (broad SMARTS) is 2. The summed E-state index contributed by atoms with van der Waals surface area (Å²) in [7, 11) is 0. The number of aromatic amines is 2. The number of hydrogen-bond acceptors (Lipinski definition) is 17. The number of aromatic hydroxyl groups is 1. The van der Waals surface area contributed by atoms with E-state index in [-0.39, 0.29) is 61.8 Å². The summed E-state index contributed by atoms with van der Waals surface area (Å²) >= 11 is 8.06. The van der Waals surface area contributed by atoms with Crippen molar-refractivity contribution < 1.29 is 73.2 Å². The number of aliphatic carboxylic acids is 2. The number of carbonyl (C=O) groups excluding carboxylic acids is 9. The van der Waals surface area contributed by atoms with Crippen molar-refractivity contribution in [2.45, 2.75) is 133 Å². The standard InChI is InChI=1S/C55H75N13O15S2/c1-27(2)16-36(61-50(77)39(19-31-22-57-26-59-31)60-46(73)34(56)24-84)47(74)65-41(23-69)52(79)62-38(18-30-21-58-35-9-6-5-8-33(30)35)49(76)63-40(20-44(71)72)51(78)67-45(28(3)4)54(81)68-15-7-10-43(68)53(80)64-37(17-29-11-13-32(70)14-12-29)48(75)66-42(25-85)55(82)83/h5-6,8-9,11-14,21-22,26-28,34,36-43,45,58,69-70,84-85H,7,10,15-20,23-25,56H2,1-4H3,(H,57,59)(H,60,73)(H,61,77)(H,62,79)(H,63,76)(H,64,80)(H,65,74)(H,66,75)(H,67,78)(H,71,72)(H,82,83)/t34-,36-,37-,38-,39-,40-,41-,42-,43-,45-/m0/s1. The number of nitrogens with two attached hydrogens (primary N) is 1. The number of benzene rings is 2. The third kappa shape index (κ3) is 19.7. The number of aliphatic hydroxyl groups excluding tert-OH is 1. The number of imidazole rings is 1. The van der Waals surface area contributed by atoms with E-state index in [0.29, 0.717) is 34.1 Å². The second-order valence-corrected chi connectivity index (χ2v) is 22.0. The van der Waals surface area contributed by atoms with Crippen LogP contribution in [0.4, 0.5) is 0 Å². The molecule has 1 saturated heterocycles. The summed E-state index contributed by atoms with van der Waals surface area (Å²) in [5.74, 6) is -12.5. The van der Waals surface area contributed by atoms with Crippen molar-refractivity contribution in [3.63, 3.8) is 0 Å². The number of phenolic OH excluding ortho intramolecular Hbond substituents is 1. The summed E-state index contributed by atoms with van der Waals surface area (Å²) in [6.07, 6.45) is 3.19. The third-order valence-electron chi connectivity index (χ3n) is 13.9. The van der Waals surface area contributed by atoms with Crippen LogP contribution in [0.1, 0.15) is 70.2 Å². The lowest BCUT2D eigenvalue weighted by Crippen LogP contribution is -2.62. The van der Waals surface area contributed by atoms with E-state index in [2.05, 4.69) is 82.7 Å². The molecule has 0 unspecified atom stereocenters. The number of rotatable bonds is 32. The molecule has 4 aromatic rings. The Morgan fingerprint density at radius 1 is 0.671 bits per heavy atom. The van der Waals surface area contributed by atoms with Gasteiger partial charge in [0.25, 0.3) is 0 Å². The fourth-order valence-electron chi connectivity index (χ4n) is 9.34. The molecule has 30 heteroatoms. The van der Waals surface area contributed by atoms with Crippen LogP contribution in [0.3, 0.4) is 0 Å². The normalized spacial score (nSPS) is 16.3. The van der Waals surface area contributed by atoms with E-state index < -0.39 is 144 Å². The highest BCUT2D eigenvalue weighted by Crippen LogP contribution is 2.23. The van der Waals surface area contributed by atoms with E-state index in [9.17, 15) is 73.2 Å². The van der Waals surface area contributed by atoms with E-state index in [1.165, 1.54) is 41.7 Å². The summed E-state index contributed by atoms with van der Waals surface area (Å²) in [4.78, 5) is 161. The minimum absolute atomic E-state index is 0.00664. The second-order valence-electron chi connectivity index (χ2n) is 21.3. The van der Waals surface area contributed by atoms with E-state index in [0.717, 1.165) is 0 Å². The average molecular weight is 1220 g/mol. The number of amides is 9. The molecule has 0 bridgehead atoms. The number of likely N-dealkylation sites (tertiary alicyclic amines) is 1. The molecule has 28 nitrogen and oxygen atoms in total. The van der Waals surface area contributed by atoms with E-state index in [1.54, 1.807) is 58.2 Å². The molecule has 2 aromatic heterocycles. The average Bonchev–Trinajstić information content (AvgIpc) is 3.64. The van der Waals surface area contributed by atoms with Crippen molar-refractivity contribution in [2.75, 3.05) is 24.7 Å². The number of aliphatic hydroxyl groups is 1. The van der Waals surface area contributed by atoms with Gasteiger partial charge in [0.15, 0.2) is 0 Å². The highest BCUT2D eigenvalue weighted by atomic mass is 32.1. The Bertz CT molecular complexity index is 3000. The summed E-state index contributed by atoms with van der Waals surface area (Å²) in [5.41, 5.74) is 7.91. The fourth-order valence-corrected chi connectivity index (χ4v) is 9.75. The van der Waals surface area contributed by atoms with Crippen molar-refractivity contribution >= 4 is 101 Å². The van der Waals surface area contributed by atoms with Gasteiger partial charge in [-0.1, -0.05) is 58.0 Å². The fraction of sp³-hybridized carbons (Fsp3) is 0.491. The number of phenols is 1. The molecular formula is C55H75N13O15S2. The Morgan fingerprint density at radius 3 is 1.82 bits per heavy atom. The molecule has 16 N–H and O–H groups in total. The topological polar surface area (TPSA) is 439 Å². The van der Waals surface area contributed by atoms with Gasteiger partial charge in [0.1, 0.15) is 60.1 Å². The predicted molar refractivity (Wildman–Crippen MR) is 313 cm³/mol. The van der Waals surface area contributed by atoms with Crippen LogP contribution in [0.15, 0.2) is 67.3 Å². The zero-order valence-electron chi connectivity index (χ0n) is 47.2. The summed E-state index contributed by atoms with van der Waals surface area (Å²) in [6, 6.07) is -1.82. The van der Waals surface area contributed by atoms with Gasteiger partial charge < -0.3 is 83.6 Å². The number of aromatic nitrogens is 3. The number of carboxylic acids is 2. The molecule has 0 saturated carbocycles. The molecule has 1 fully saturated rings. The first kappa shape index (κ1) is 67.6. The van der Waals surface area contributed by atoms with Crippen molar-refractivity contribution in [1.82, 2.24) is 62.4 Å². The maximum absolute atomic E-state index is 14.5. The first-order valence-electron chi connectivity index (χ1n) is 27.4. The SMILES string of the molecule is CC(C)C[C@H](NC(=O)[C@H](Cc1cnc[nH]1)NC(=O)[C@@H](N)CS)C(=O)N[C@@H](CO)C(=O)N[C@@H](Cc1c[nH]c2ccccc12)C(=O)N[C@@H](CC(=O)O)C(=O)N[C@H](C(=O)N1CCC[C@H]1C(=O)N[C@@H](Cc1ccc(O)cc1)C(=O)N[C@@H](CS)C(=O)O)C(C)C. The second kappa shape index (κ2) is 32.2. The molecule has 3 heterocycles. The van der Waals surface area contributed by atoms with Crippen molar-refractivity contribution in [3.8, 4) is 5.75 Å². The molecule has 1 aliphatic heterocycles. The number of H-pyrrole nitrogens is 2. The van der Waals surface area contributed by atoms with Crippen molar-refractivity contribution in [3.05, 3.63) is 84.1 Å². The van der Waals surface area contributed by atoms with Crippen LogP contribution in [0.25, 0.3) is 10.9 Å². The maximum atomic E-state index is 14.5. The number of thiol groups is 2. The summed E-state index contributed by atoms with van der Waals surface area (Å²) in [6.45, 7) is 5.63. The Morgan fingerprint density at radius 2 is 1.24 bits per heavy atom. The van der Waals surface area contributed by atoms with Crippen LogP contribution in [0.5, 0.6) is 5.75 Å². The highest BCUT2D eigenvalue weighted by molar-refractivity contribution is 7.80. The van der Waals surface area contributed by atoms with Gasteiger partial charge >= 0.3 is 11.9 Å². The molecule has 0 radical (unpaired) electrons. The van der Waals surface area contributed by atoms with Crippen LogP contribution < -0.4 is 48.3 Å². The van der Waals surface area contributed by atoms with Gasteiger partial charge in [0.2, 0.25) is 53.2 Å². The lowest BCUT2D eigenvalue weighted by atomic mass is 10.00. The zero-order chi connectivity index (χ0) is 62.7. The molecule has 0 aliphatic carbocycles. The Hall–Kier alpha value is -8.22. The van der Waals surface area contributed by atoms with Crippen LogP contribution in [0.2, 0.25) is 0 Å². The lowest BCUT2D eigenvalue weighted by Gasteiger charge is -2.32. The summed E-state index contributed by atoms with van der Waals surface area (Å²) < 4.78 is 0. The molecule has 5 rings (SSSR count). The molecule has 1 aliphatic rings. The van der Waals surface area contributed by atoms with Crippen molar-refractivity contribution in [2.24, 2.45) is 17.6 Å². The zero-order valence-corrected chi connectivity index (χ0v) is 49.0. The predicted octanol–water partition coefficient (Wildman–Crippen LogP) is -2.07. The minimum atomic E-state index is -1.91.